The molecule has 2 unspecified atom stereocenters. The smallest absolute Gasteiger partial charge is 0.165 e. The monoisotopic (exact) mass is 415 g/mol. The summed E-state index contributed by atoms with van der Waals surface area (Å²) in [5, 5.41) is 22.3. The van der Waals surface area contributed by atoms with E-state index in [1.54, 1.807) is 13.2 Å². The lowest BCUT2D eigenvalue weighted by molar-refractivity contribution is -0.267. The van der Waals surface area contributed by atoms with Crippen molar-refractivity contribution in [3.8, 4) is 11.5 Å². The number of likely N-dealkylation sites (N-methyl/N-ethyl adjacent to an activating group) is 1. The van der Waals surface area contributed by atoms with Gasteiger partial charge in [-0.05, 0) is 69.7 Å². The number of aromatic hydroxyl groups is 1. The van der Waals surface area contributed by atoms with Gasteiger partial charge in [-0.1, -0.05) is 26.3 Å². The predicted octanol–water partition coefficient (Wildman–Crippen LogP) is 3.85. The molecule has 0 saturated heterocycles. The summed E-state index contributed by atoms with van der Waals surface area (Å²) in [6.07, 6.45) is 5.43. The third-order valence-corrected chi connectivity index (χ3v) is 9.38. The number of phenolic OH excluding ortho intramolecular Hbond substituents is 1. The number of methoxy groups -OCH3 is 1. The first-order valence-electron chi connectivity index (χ1n) is 11.7. The summed E-state index contributed by atoms with van der Waals surface area (Å²) in [6.45, 7) is 7.36. The van der Waals surface area contributed by atoms with E-state index in [4.69, 9.17) is 9.47 Å². The molecule has 1 aromatic carbocycles. The van der Waals surface area contributed by atoms with Gasteiger partial charge in [0.05, 0.1) is 5.60 Å². The van der Waals surface area contributed by atoms with Gasteiger partial charge in [0.2, 0.25) is 0 Å². The van der Waals surface area contributed by atoms with Crippen molar-refractivity contribution in [2.24, 2.45) is 11.3 Å². The summed E-state index contributed by atoms with van der Waals surface area (Å²) in [4.78, 5) is 2.50. The van der Waals surface area contributed by atoms with E-state index in [2.05, 4.69) is 31.9 Å². The van der Waals surface area contributed by atoms with Crippen LogP contribution in [0.4, 0.5) is 0 Å². The van der Waals surface area contributed by atoms with Crippen LogP contribution in [0.25, 0.3) is 0 Å². The first-order chi connectivity index (χ1) is 14.3. The molecule has 1 heterocycles. The lowest BCUT2D eigenvalue weighted by Crippen LogP contribution is -2.74. The highest BCUT2D eigenvalue weighted by Gasteiger charge is 2.74. The van der Waals surface area contributed by atoms with Crippen molar-refractivity contribution < 1.29 is 19.7 Å². The Bertz CT molecular complexity index is 854. The van der Waals surface area contributed by atoms with Gasteiger partial charge in [-0.3, -0.25) is 0 Å². The van der Waals surface area contributed by atoms with Crippen molar-refractivity contribution in [1.82, 2.24) is 4.90 Å². The fourth-order valence-corrected chi connectivity index (χ4v) is 7.99. The van der Waals surface area contributed by atoms with Gasteiger partial charge in [-0.2, -0.15) is 0 Å². The summed E-state index contributed by atoms with van der Waals surface area (Å²) < 4.78 is 13.0. The maximum absolute atomic E-state index is 11.7. The molecule has 0 aromatic heterocycles. The third kappa shape index (κ3) is 2.35. The van der Waals surface area contributed by atoms with E-state index in [-0.39, 0.29) is 29.1 Å². The average Bonchev–Trinajstić information content (AvgIpc) is 3.17. The van der Waals surface area contributed by atoms with Crippen molar-refractivity contribution >= 4 is 0 Å². The van der Waals surface area contributed by atoms with Crippen molar-refractivity contribution in [2.45, 2.75) is 88.6 Å². The van der Waals surface area contributed by atoms with Crippen LogP contribution in [0.3, 0.4) is 0 Å². The molecule has 1 spiro atoms. The van der Waals surface area contributed by atoms with E-state index >= 15 is 0 Å². The number of rotatable bonds is 6. The van der Waals surface area contributed by atoms with E-state index in [0.29, 0.717) is 11.8 Å². The standard InChI is InChI=1S/C25H37NO4/c1-6-10-23(3,28)17-14-24-11-12-25(17,29-5)22-20(24)19-15(13-18(24)26(4)7-2)8-9-16(27)21(19)30-22/h8-9,17-18,20,22,27-28H,6-7,10-14H2,1-5H3/t17-,18-,20?,22-,23?,24-,25+/m1/s1. The van der Waals surface area contributed by atoms with Gasteiger partial charge in [-0.15, -0.1) is 0 Å². The molecule has 5 aliphatic rings. The number of nitrogens with zero attached hydrogens (tertiary/aromatic N) is 1. The number of hydrogen-bond acceptors (Lipinski definition) is 5. The second-order valence-corrected chi connectivity index (χ2v) is 10.6. The van der Waals surface area contributed by atoms with Gasteiger partial charge in [0.15, 0.2) is 11.5 Å². The minimum atomic E-state index is -0.807. The van der Waals surface area contributed by atoms with Crippen LogP contribution in [0.15, 0.2) is 12.1 Å². The second-order valence-electron chi connectivity index (χ2n) is 10.6. The molecule has 1 aromatic rings. The highest BCUT2D eigenvalue weighted by atomic mass is 16.6. The predicted molar refractivity (Wildman–Crippen MR) is 116 cm³/mol. The van der Waals surface area contributed by atoms with E-state index < -0.39 is 11.2 Å². The van der Waals surface area contributed by atoms with Crippen LogP contribution < -0.4 is 4.74 Å². The van der Waals surface area contributed by atoms with Gasteiger partial charge in [0.25, 0.3) is 0 Å². The second kappa shape index (κ2) is 6.60. The number of ether oxygens (including phenoxy) is 2. The lowest BCUT2D eigenvalue weighted by atomic mass is 9.41. The van der Waals surface area contributed by atoms with Crippen LogP contribution in [0, 0.1) is 11.3 Å². The molecular formula is C25H37NO4. The Labute approximate surface area is 180 Å². The Morgan fingerprint density at radius 1 is 1.30 bits per heavy atom. The van der Waals surface area contributed by atoms with Crippen LogP contribution in [0.2, 0.25) is 0 Å². The molecule has 5 heteroatoms. The van der Waals surface area contributed by atoms with Crippen LogP contribution in [-0.2, 0) is 11.2 Å². The van der Waals surface area contributed by atoms with Crippen molar-refractivity contribution in [1.29, 1.82) is 0 Å². The number of aliphatic hydroxyl groups is 1. The van der Waals surface area contributed by atoms with Crippen LogP contribution in [-0.4, -0.2) is 59.2 Å². The molecule has 0 radical (unpaired) electrons. The van der Waals surface area contributed by atoms with Crippen LogP contribution >= 0.6 is 0 Å². The number of fused-ring (bicyclic) bond motifs is 2. The fraction of sp³-hybridized carbons (Fsp3) is 0.760. The Balaban J connectivity index is 1.73. The van der Waals surface area contributed by atoms with Crippen molar-refractivity contribution in [3.05, 3.63) is 23.3 Å². The summed E-state index contributed by atoms with van der Waals surface area (Å²) >= 11 is 0. The van der Waals surface area contributed by atoms with Crippen molar-refractivity contribution in [3.63, 3.8) is 0 Å². The first-order valence-corrected chi connectivity index (χ1v) is 11.7. The number of benzene rings is 1. The van der Waals surface area contributed by atoms with Crippen molar-refractivity contribution in [2.75, 3.05) is 20.7 Å². The molecular weight excluding hydrogens is 378 g/mol. The molecule has 2 bridgehead atoms. The van der Waals surface area contributed by atoms with Gasteiger partial charge < -0.3 is 24.6 Å². The fourth-order valence-electron chi connectivity index (χ4n) is 7.99. The number of phenols is 1. The van der Waals surface area contributed by atoms with E-state index in [0.717, 1.165) is 45.1 Å². The molecule has 166 valence electrons. The molecule has 6 rings (SSSR count). The van der Waals surface area contributed by atoms with Gasteiger partial charge in [-0.25, -0.2) is 0 Å². The quantitative estimate of drug-likeness (QED) is 0.739. The normalized spacial score (nSPS) is 40.2. The minimum Gasteiger partial charge on any atom is -0.504 e. The molecule has 1 aliphatic heterocycles. The Hall–Kier alpha value is -1.30. The largest absolute Gasteiger partial charge is 0.504 e. The summed E-state index contributed by atoms with van der Waals surface area (Å²) in [5.41, 5.74) is 1.22. The summed E-state index contributed by atoms with van der Waals surface area (Å²) in [7, 11) is 4.03. The Morgan fingerprint density at radius 2 is 2.07 bits per heavy atom. The zero-order chi connectivity index (χ0) is 21.5. The third-order valence-electron chi connectivity index (χ3n) is 9.38. The maximum Gasteiger partial charge on any atom is 0.165 e. The van der Waals surface area contributed by atoms with E-state index in [9.17, 15) is 10.2 Å². The molecule has 7 atom stereocenters. The molecule has 3 fully saturated rings. The average molecular weight is 416 g/mol. The van der Waals surface area contributed by atoms with E-state index in [1.807, 2.05) is 6.92 Å². The highest BCUT2D eigenvalue weighted by Crippen LogP contribution is 2.72. The Morgan fingerprint density at radius 3 is 2.73 bits per heavy atom. The summed E-state index contributed by atoms with van der Waals surface area (Å²) in [6, 6.07) is 4.28. The molecule has 4 aliphatic carbocycles. The molecule has 2 N–H and O–H groups in total. The zero-order valence-electron chi connectivity index (χ0n) is 19.1. The maximum atomic E-state index is 11.7. The zero-order valence-corrected chi connectivity index (χ0v) is 19.1. The van der Waals surface area contributed by atoms with Crippen LogP contribution in [0.5, 0.6) is 11.5 Å². The van der Waals surface area contributed by atoms with Gasteiger partial charge in [0.1, 0.15) is 11.7 Å². The minimum absolute atomic E-state index is 0.00992. The molecule has 5 nitrogen and oxygen atoms in total. The van der Waals surface area contributed by atoms with Gasteiger partial charge in [0, 0.05) is 30.6 Å². The Kier molecular flexibility index (Phi) is 4.53. The van der Waals surface area contributed by atoms with Crippen LogP contribution in [0.1, 0.15) is 69.9 Å². The van der Waals surface area contributed by atoms with E-state index in [1.165, 1.54) is 11.1 Å². The molecule has 30 heavy (non-hydrogen) atoms. The number of hydrogen-bond donors (Lipinski definition) is 2. The molecule has 3 saturated carbocycles. The van der Waals surface area contributed by atoms with Gasteiger partial charge >= 0.3 is 0 Å². The summed E-state index contributed by atoms with van der Waals surface area (Å²) in [5.74, 6) is 1.13. The first kappa shape index (κ1) is 20.6. The molecule has 0 amide bonds. The lowest BCUT2D eigenvalue weighted by Gasteiger charge is -2.68. The topological polar surface area (TPSA) is 62.2 Å². The highest BCUT2D eigenvalue weighted by molar-refractivity contribution is 5.59. The SMILES string of the molecule is CCCC(C)(O)[C@H]1C[C@@]23CC[C@@]1(OC)[C@@H]1Oc4c(O)ccc(c4C12)C[C@H]3N(C)CC.